The third-order valence-electron chi connectivity index (χ3n) is 2.54. The number of nitrogens with zero attached hydrogens (tertiary/aromatic N) is 1. The largest absolute Gasteiger partial charge is 0.416 e. The van der Waals surface area contributed by atoms with Crippen LogP contribution in [0.1, 0.15) is 11.1 Å². The zero-order valence-corrected chi connectivity index (χ0v) is 10.8. The van der Waals surface area contributed by atoms with E-state index in [1.807, 2.05) is 0 Å². The molecule has 1 aromatic heterocycles. The number of benzene rings is 1. The zero-order valence-electron chi connectivity index (χ0n) is 10.0. The Morgan fingerprint density at radius 3 is 2.50 bits per heavy atom. The highest BCUT2D eigenvalue weighted by atomic mass is 35.5. The highest BCUT2D eigenvalue weighted by Crippen LogP contribution is 2.33. The quantitative estimate of drug-likeness (QED) is 0.844. The number of aromatic nitrogens is 1. The summed E-state index contributed by atoms with van der Waals surface area (Å²) in [6, 6.07) is 4.28. The van der Waals surface area contributed by atoms with Gasteiger partial charge in [-0.25, -0.2) is 4.39 Å². The predicted molar refractivity (Wildman–Crippen MR) is 68.0 cm³/mol. The van der Waals surface area contributed by atoms with Gasteiger partial charge < -0.3 is 5.32 Å². The van der Waals surface area contributed by atoms with Gasteiger partial charge >= 0.3 is 6.18 Å². The SMILES string of the molecule is Fc1cncc(CNc2ccc(C(F)(F)F)cc2Cl)c1. The molecule has 0 saturated carbocycles. The first kappa shape index (κ1) is 14.6. The molecule has 1 heterocycles. The number of alkyl halides is 3. The summed E-state index contributed by atoms with van der Waals surface area (Å²) in [6.45, 7) is 0.204. The summed E-state index contributed by atoms with van der Waals surface area (Å²) in [5, 5.41) is 2.78. The number of anilines is 1. The van der Waals surface area contributed by atoms with E-state index in [1.165, 1.54) is 18.3 Å². The Morgan fingerprint density at radius 2 is 1.90 bits per heavy atom. The van der Waals surface area contributed by atoms with Crippen LogP contribution in [0.4, 0.5) is 23.2 Å². The van der Waals surface area contributed by atoms with Crippen molar-refractivity contribution in [2.24, 2.45) is 0 Å². The van der Waals surface area contributed by atoms with Crippen LogP contribution in [0.2, 0.25) is 5.02 Å². The predicted octanol–water partition coefficient (Wildman–Crippen LogP) is 4.51. The lowest BCUT2D eigenvalue weighted by Crippen LogP contribution is -2.06. The molecule has 0 radical (unpaired) electrons. The van der Waals surface area contributed by atoms with Crippen molar-refractivity contribution in [2.45, 2.75) is 12.7 Å². The molecule has 0 aliphatic rings. The van der Waals surface area contributed by atoms with E-state index in [9.17, 15) is 17.6 Å². The van der Waals surface area contributed by atoms with E-state index >= 15 is 0 Å². The zero-order chi connectivity index (χ0) is 14.8. The van der Waals surface area contributed by atoms with E-state index in [1.54, 1.807) is 0 Å². The van der Waals surface area contributed by atoms with E-state index in [4.69, 9.17) is 11.6 Å². The maximum absolute atomic E-state index is 12.9. The second kappa shape index (κ2) is 5.66. The average molecular weight is 305 g/mol. The van der Waals surface area contributed by atoms with E-state index < -0.39 is 17.6 Å². The van der Waals surface area contributed by atoms with Crippen molar-refractivity contribution in [2.75, 3.05) is 5.32 Å². The summed E-state index contributed by atoms with van der Waals surface area (Å²) in [5.74, 6) is -0.484. The van der Waals surface area contributed by atoms with Crippen LogP contribution in [0, 0.1) is 5.82 Å². The minimum atomic E-state index is -4.44. The molecule has 20 heavy (non-hydrogen) atoms. The Hall–Kier alpha value is -1.82. The fraction of sp³-hybridized carbons (Fsp3) is 0.154. The smallest absolute Gasteiger partial charge is 0.380 e. The second-order valence-electron chi connectivity index (χ2n) is 4.06. The molecule has 7 heteroatoms. The van der Waals surface area contributed by atoms with Crippen LogP contribution in [-0.4, -0.2) is 4.98 Å². The first-order valence-corrected chi connectivity index (χ1v) is 5.94. The number of hydrogen-bond donors (Lipinski definition) is 1. The normalized spacial score (nSPS) is 11.4. The van der Waals surface area contributed by atoms with Gasteiger partial charge in [0, 0.05) is 12.7 Å². The average Bonchev–Trinajstić information content (AvgIpc) is 2.36. The summed E-state index contributed by atoms with van der Waals surface area (Å²) in [7, 11) is 0. The van der Waals surface area contributed by atoms with E-state index in [2.05, 4.69) is 10.3 Å². The van der Waals surface area contributed by atoms with Crippen LogP contribution < -0.4 is 5.32 Å². The summed E-state index contributed by atoms with van der Waals surface area (Å²) in [4.78, 5) is 3.67. The van der Waals surface area contributed by atoms with Crippen LogP contribution in [0.3, 0.4) is 0 Å². The van der Waals surface area contributed by atoms with Crippen molar-refractivity contribution < 1.29 is 17.6 Å². The summed E-state index contributed by atoms with van der Waals surface area (Å²) < 4.78 is 50.3. The number of rotatable bonds is 3. The fourth-order valence-electron chi connectivity index (χ4n) is 1.58. The summed E-state index contributed by atoms with van der Waals surface area (Å²) in [5.41, 5.74) is 0.0744. The summed E-state index contributed by atoms with van der Waals surface area (Å²) in [6.07, 6.45) is -1.92. The van der Waals surface area contributed by atoms with Crippen LogP contribution in [0.5, 0.6) is 0 Å². The van der Waals surface area contributed by atoms with Crippen molar-refractivity contribution in [3.05, 3.63) is 58.6 Å². The third kappa shape index (κ3) is 3.60. The van der Waals surface area contributed by atoms with Crippen LogP contribution >= 0.6 is 11.6 Å². The van der Waals surface area contributed by atoms with Gasteiger partial charge in [-0.15, -0.1) is 0 Å². The molecule has 0 spiro atoms. The fourth-order valence-corrected chi connectivity index (χ4v) is 1.83. The Bertz CT molecular complexity index is 614. The topological polar surface area (TPSA) is 24.9 Å². The van der Waals surface area contributed by atoms with Gasteiger partial charge in [0.05, 0.1) is 22.5 Å². The lowest BCUT2D eigenvalue weighted by Gasteiger charge is -2.11. The van der Waals surface area contributed by atoms with Crippen LogP contribution in [-0.2, 0) is 12.7 Å². The van der Waals surface area contributed by atoms with Crippen LogP contribution in [0.15, 0.2) is 36.7 Å². The Labute approximate surface area is 117 Å². The minimum Gasteiger partial charge on any atom is -0.380 e. The first-order valence-electron chi connectivity index (χ1n) is 5.56. The van der Waals surface area contributed by atoms with Gasteiger partial charge in [0.2, 0.25) is 0 Å². The molecule has 2 aromatic rings. The minimum absolute atomic E-state index is 0.0517. The molecule has 0 atom stereocenters. The van der Waals surface area contributed by atoms with Crippen molar-refractivity contribution in [1.29, 1.82) is 0 Å². The first-order chi connectivity index (χ1) is 9.36. The maximum atomic E-state index is 12.9. The van der Waals surface area contributed by atoms with Crippen molar-refractivity contribution >= 4 is 17.3 Å². The molecule has 0 aliphatic carbocycles. The molecular formula is C13H9ClF4N2. The number of hydrogen-bond acceptors (Lipinski definition) is 2. The molecule has 106 valence electrons. The molecule has 0 amide bonds. The molecule has 0 unspecified atom stereocenters. The van der Waals surface area contributed by atoms with Gasteiger partial charge in [0.15, 0.2) is 0 Å². The van der Waals surface area contributed by atoms with Gasteiger partial charge in [-0.2, -0.15) is 13.2 Å². The van der Waals surface area contributed by atoms with E-state index in [-0.39, 0.29) is 11.6 Å². The molecule has 0 fully saturated rings. The molecule has 1 aromatic carbocycles. The highest BCUT2D eigenvalue weighted by Gasteiger charge is 2.30. The van der Waals surface area contributed by atoms with Gasteiger partial charge in [-0.3, -0.25) is 4.98 Å². The maximum Gasteiger partial charge on any atom is 0.416 e. The molecular weight excluding hydrogens is 296 g/mol. The molecule has 2 rings (SSSR count). The number of pyridine rings is 1. The molecule has 2 nitrogen and oxygen atoms in total. The monoisotopic (exact) mass is 304 g/mol. The Morgan fingerprint density at radius 1 is 1.15 bits per heavy atom. The van der Waals surface area contributed by atoms with Crippen LogP contribution in [0.25, 0.3) is 0 Å². The second-order valence-corrected chi connectivity index (χ2v) is 4.46. The van der Waals surface area contributed by atoms with Crippen molar-refractivity contribution in [3.8, 4) is 0 Å². The lowest BCUT2D eigenvalue weighted by atomic mass is 10.2. The van der Waals surface area contributed by atoms with Gasteiger partial charge in [-0.1, -0.05) is 11.6 Å². The lowest BCUT2D eigenvalue weighted by molar-refractivity contribution is -0.137. The van der Waals surface area contributed by atoms with Crippen molar-refractivity contribution in [3.63, 3.8) is 0 Å². The third-order valence-corrected chi connectivity index (χ3v) is 2.85. The Balaban J connectivity index is 2.11. The standard InChI is InChI=1S/C13H9ClF4N2/c14-11-4-9(13(16,17)18)1-2-12(11)20-6-8-3-10(15)7-19-5-8/h1-5,7,20H,6H2. The van der Waals surface area contributed by atoms with E-state index in [0.29, 0.717) is 11.3 Å². The molecule has 0 bridgehead atoms. The van der Waals surface area contributed by atoms with Gasteiger partial charge in [-0.05, 0) is 29.8 Å². The number of nitrogens with one attached hydrogen (secondary N) is 1. The highest BCUT2D eigenvalue weighted by molar-refractivity contribution is 6.33. The summed E-state index contributed by atoms with van der Waals surface area (Å²) >= 11 is 5.78. The van der Waals surface area contributed by atoms with Crippen molar-refractivity contribution in [1.82, 2.24) is 4.98 Å². The van der Waals surface area contributed by atoms with Gasteiger partial charge in [0.1, 0.15) is 5.82 Å². The molecule has 1 N–H and O–H groups in total. The van der Waals surface area contributed by atoms with E-state index in [0.717, 1.165) is 18.3 Å². The number of halogens is 5. The molecule has 0 saturated heterocycles. The Kier molecular flexibility index (Phi) is 4.13. The van der Waals surface area contributed by atoms with Gasteiger partial charge in [0.25, 0.3) is 0 Å². The molecule has 0 aliphatic heterocycles.